The molecule has 0 saturated carbocycles. The molecule has 0 radical (unpaired) electrons. The highest BCUT2D eigenvalue weighted by Crippen LogP contribution is 2.22. The van der Waals surface area contributed by atoms with Crippen molar-refractivity contribution in [3.63, 3.8) is 0 Å². The molecular weight excluding hydrogens is 236 g/mol. The van der Waals surface area contributed by atoms with Crippen molar-refractivity contribution < 1.29 is 0 Å². The van der Waals surface area contributed by atoms with Gasteiger partial charge in [0.2, 0.25) is 0 Å². The molecule has 2 aromatic rings. The van der Waals surface area contributed by atoms with Gasteiger partial charge in [0.1, 0.15) is 5.82 Å². The Hall–Kier alpha value is -1.97. The summed E-state index contributed by atoms with van der Waals surface area (Å²) in [6.45, 7) is 2.20. The molecule has 0 fully saturated rings. The van der Waals surface area contributed by atoms with Crippen LogP contribution in [0, 0.1) is 0 Å². The van der Waals surface area contributed by atoms with Crippen molar-refractivity contribution >= 4 is 5.82 Å². The second-order valence-electron chi connectivity index (χ2n) is 4.81. The van der Waals surface area contributed by atoms with Gasteiger partial charge in [-0.25, -0.2) is 9.66 Å². The summed E-state index contributed by atoms with van der Waals surface area (Å²) in [7, 11) is 0. The number of unbranched alkanes of at least 4 members (excludes halogenated alkanes) is 3. The van der Waals surface area contributed by atoms with E-state index in [9.17, 15) is 0 Å². The minimum Gasteiger partial charge on any atom is -0.382 e. The van der Waals surface area contributed by atoms with E-state index in [0.29, 0.717) is 5.82 Å². The van der Waals surface area contributed by atoms with E-state index in [1.54, 1.807) is 0 Å². The molecule has 1 aromatic carbocycles. The van der Waals surface area contributed by atoms with Crippen molar-refractivity contribution in [2.24, 2.45) is 0 Å². The number of aromatic nitrogens is 2. The number of benzene rings is 1. The van der Waals surface area contributed by atoms with Crippen molar-refractivity contribution in [1.82, 2.24) is 9.66 Å². The number of rotatable bonds is 6. The van der Waals surface area contributed by atoms with E-state index in [0.717, 1.165) is 29.9 Å². The van der Waals surface area contributed by atoms with Crippen LogP contribution in [0.3, 0.4) is 0 Å². The molecule has 0 atom stereocenters. The first-order chi connectivity index (χ1) is 9.24. The molecule has 0 spiro atoms. The van der Waals surface area contributed by atoms with Crippen LogP contribution in [0.1, 0.15) is 38.3 Å². The molecule has 2 rings (SSSR count). The maximum atomic E-state index is 6.03. The maximum absolute atomic E-state index is 6.03. The first kappa shape index (κ1) is 13.5. The van der Waals surface area contributed by atoms with Crippen LogP contribution in [0.25, 0.3) is 11.4 Å². The fourth-order valence-corrected chi connectivity index (χ4v) is 2.19. The summed E-state index contributed by atoms with van der Waals surface area (Å²) >= 11 is 0. The van der Waals surface area contributed by atoms with Gasteiger partial charge in [0.05, 0.1) is 5.69 Å². The summed E-state index contributed by atoms with van der Waals surface area (Å²) in [5, 5.41) is 0. The van der Waals surface area contributed by atoms with Crippen molar-refractivity contribution in [1.29, 1.82) is 0 Å². The minimum atomic E-state index is 0.579. The molecule has 0 aliphatic rings. The van der Waals surface area contributed by atoms with Gasteiger partial charge in [-0.3, -0.25) is 0 Å². The van der Waals surface area contributed by atoms with Gasteiger partial charge in [-0.15, -0.1) is 0 Å². The van der Waals surface area contributed by atoms with Gasteiger partial charge in [-0.05, 0) is 12.8 Å². The van der Waals surface area contributed by atoms with Crippen molar-refractivity contribution in [2.45, 2.75) is 39.0 Å². The lowest BCUT2D eigenvalue weighted by molar-refractivity contribution is 0.662. The molecule has 0 saturated heterocycles. The van der Waals surface area contributed by atoms with Crippen LogP contribution in [-0.4, -0.2) is 9.66 Å². The predicted molar refractivity (Wildman–Crippen MR) is 80.1 cm³/mol. The Morgan fingerprint density at radius 1 is 1.11 bits per heavy atom. The molecule has 4 N–H and O–H groups in total. The predicted octanol–water partition coefficient (Wildman–Crippen LogP) is 2.97. The monoisotopic (exact) mass is 258 g/mol. The molecule has 102 valence electrons. The zero-order chi connectivity index (χ0) is 13.7. The van der Waals surface area contributed by atoms with E-state index >= 15 is 0 Å². The summed E-state index contributed by atoms with van der Waals surface area (Å²) < 4.78 is 1.49. The summed E-state index contributed by atoms with van der Waals surface area (Å²) in [6.07, 6.45) is 5.72. The van der Waals surface area contributed by atoms with E-state index in [1.807, 2.05) is 30.3 Å². The second-order valence-corrected chi connectivity index (χ2v) is 4.81. The number of nitrogen functional groups attached to an aromatic ring is 2. The van der Waals surface area contributed by atoms with Crippen molar-refractivity contribution in [3.05, 3.63) is 36.0 Å². The SMILES string of the molecule is CCCCCCc1nc(-c2ccccc2)n(N)c1N. The lowest BCUT2D eigenvalue weighted by atomic mass is 10.1. The Kier molecular flexibility index (Phi) is 4.44. The third kappa shape index (κ3) is 3.08. The van der Waals surface area contributed by atoms with Gasteiger partial charge in [-0.1, -0.05) is 56.5 Å². The Morgan fingerprint density at radius 3 is 2.53 bits per heavy atom. The number of nitrogens with zero attached hydrogens (tertiary/aromatic N) is 2. The summed E-state index contributed by atoms with van der Waals surface area (Å²) in [5.74, 6) is 7.31. The molecule has 0 aliphatic heterocycles. The first-order valence-corrected chi connectivity index (χ1v) is 6.91. The number of hydrogen-bond donors (Lipinski definition) is 2. The molecule has 0 aliphatic carbocycles. The summed E-state index contributed by atoms with van der Waals surface area (Å²) in [5.41, 5.74) is 7.94. The van der Waals surface area contributed by atoms with Gasteiger partial charge in [0.25, 0.3) is 0 Å². The molecule has 1 heterocycles. The van der Waals surface area contributed by atoms with Crippen LogP contribution in [-0.2, 0) is 6.42 Å². The van der Waals surface area contributed by atoms with E-state index < -0.39 is 0 Å². The van der Waals surface area contributed by atoms with Crippen LogP contribution in [0.2, 0.25) is 0 Å². The number of nitrogens with two attached hydrogens (primary N) is 2. The largest absolute Gasteiger partial charge is 0.382 e. The maximum Gasteiger partial charge on any atom is 0.160 e. The zero-order valence-corrected chi connectivity index (χ0v) is 11.5. The third-order valence-electron chi connectivity index (χ3n) is 3.32. The smallest absolute Gasteiger partial charge is 0.160 e. The number of imidazole rings is 1. The molecule has 19 heavy (non-hydrogen) atoms. The average molecular weight is 258 g/mol. The van der Waals surface area contributed by atoms with Gasteiger partial charge in [0, 0.05) is 5.56 Å². The topological polar surface area (TPSA) is 69.9 Å². The Balaban J connectivity index is 2.14. The van der Waals surface area contributed by atoms with Gasteiger partial charge < -0.3 is 11.6 Å². The number of anilines is 1. The normalized spacial score (nSPS) is 10.8. The standard InChI is InChI=1S/C15H22N4/c1-2-3-4-8-11-13-14(16)19(17)15(18-13)12-9-6-5-7-10-12/h5-7,9-10H,2-4,8,11,16-17H2,1H3. The Bertz CT molecular complexity index is 516. The first-order valence-electron chi connectivity index (χ1n) is 6.91. The van der Waals surface area contributed by atoms with Crippen LogP contribution < -0.4 is 11.6 Å². The lowest BCUT2D eigenvalue weighted by Crippen LogP contribution is -2.13. The highest BCUT2D eigenvalue weighted by atomic mass is 15.4. The molecule has 4 heteroatoms. The number of aryl methyl sites for hydroxylation is 1. The van der Waals surface area contributed by atoms with Gasteiger partial charge in [-0.2, -0.15) is 0 Å². The Morgan fingerprint density at radius 2 is 1.84 bits per heavy atom. The molecule has 0 bridgehead atoms. The minimum absolute atomic E-state index is 0.579. The highest BCUT2D eigenvalue weighted by molar-refractivity contribution is 5.60. The molecule has 4 nitrogen and oxygen atoms in total. The quantitative estimate of drug-likeness (QED) is 0.618. The third-order valence-corrected chi connectivity index (χ3v) is 3.32. The van der Waals surface area contributed by atoms with E-state index in [4.69, 9.17) is 11.6 Å². The molecule has 0 unspecified atom stereocenters. The molecule has 0 amide bonds. The van der Waals surface area contributed by atoms with Crippen molar-refractivity contribution in [3.8, 4) is 11.4 Å². The summed E-state index contributed by atoms with van der Waals surface area (Å²) in [6, 6.07) is 9.91. The van der Waals surface area contributed by atoms with E-state index in [-0.39, 0.29) is 0 Å². The lowest BCUT2D eigenvalue weighted by Gasteiger charge is -2.02. The highest BCUT2D eigenvalue weighted by Gasteiger charge is 2.13. The molecular formula is C15H22N4. The van der Waals surface area contributed by atoms with E-state index in [1.165, 1.54) is 23.9 Å². The summed E-state index contributed by atoms with van der Waals surface area (Å²) in [4.78, 5) is 4.59. The number of hydrogen-bond acceptors (Lipinski definition) is 3. The van der Waals surface area contributed by atoms with Gasteiger partial charge >= 0.3 is 0 Å². The van der Waals surface area contributed by atoms with Crippen molar-refractivity contribution in [2.75, 3.05) is 11.6 Å². The van der Waals surface area contributed by atoms with Gasteiger partial charge in [0.15, 0.2) is 5.82 Å². The Labute approximate surface area is 114 Å². The van der Waals surface area contributed by atoms with Crippen LogP contribution in [0.4, 0.5) is 5.82 Å². The van der Waals surface area contributed by atoms with E-state index in [2.05, 4.69) is 11.9 Å². The second kappa shape index (κ2) is 6.27. The van der Waals surface area contributed by atoms with Crippen LogP contribution >= 0.6 is 0 Å². The average Bonchev–Trinajstić information content (AvgIpc) is 2.73. The fraction of sp³-hybridized carbons (Fsp3) is 0.400. The fourth-order valence-electron chi connectivity index (χ4n) is 2.19. The van der Waals surface area contributed by atoms with Crippen LogP contribution in [0.15, 0.2) is 30.3 Å². The molecule has 1 aromatic heterocycles. The zero-order valence-electron chi connectivity index (χ0n) is 11.5. The van der Waals surface area contributed by atoms with Crippen LogP contribution in [0.5, 0.6) is 0 Å².